The van der Waals surface area contributed by atoms with Gasteiger partial charge in [-0.2, -0.15) is 5.10 Å². The Morgan fingerprint density at radius 1 is 1.62 bits per heavy atom. The lowest BCUT2D eigenvalue weighted by atomic mass is 10.0. The third-order valence-corrected chi connectivity index (χ3v) is 2.87. The van der Waals surface area contributed by atoms with Crippen molar-refractivity contribution in [1.29, 1.82) is 0 Å². The second-order valence-electron chi connectivity index (χ2n) is 3.74. The van der Waals surface area contributed by atoms with E-state index in [4.69, 9.17) is 0 Å². The van der Waals surface area contributed by atoms with Crippen LogP contribution in [-0.4, -0.2) is 21.0 Å². The molecule has 0 bridgehead atoms. The molecule has 1 fully saturated rings. The molecule has 13 heavy (non-hydrogen) atoms. The summed E-state index contributed by atoms with van der Waals surface area (Å²) in [6, 6.07) is 2.08. The van der Waals surface area contributed by atoms with Gasteiger partial charge in [0.1, 0.15) is 0 Å². The van der Waals surface area contributed by atoms with Crippen molar-refractivity contribution in [3.05, 3.63) is 18.0 Å². The highest BCUT2D eigenvalue weighted by atomic mass is 16.3. The fraction of sp³-hybridized carbons (Fsp3) is 0.700. The second-order valence-corrected chi connectivity index (χ2v) is 3.74. The Balaban J connectivity index is 2.16. The van der Waals surface area contributed by atoms with E-state index < -0.39 is 0 Å². The molecule has 2 atom stereocenters. The standard InChI is InChI=1S/C10H16N2O/c1-2-12-10(5-6-11-12)8-3-4-9(13)7-8/h5-6,8-9,13H,2-4,7H2,1H3. The third kappa shape index (κ3) is 1.61. The van der Waals surface area contributed by atoms with Crippen LogP contribution in [0.25, 0.3) is 0 Å². The summed E-state index contributed by atoms with van der Waals surface area (Å²) in [5.41, 5.74) is 1.29. The maximum Gasteiger partial charge on any atom is 0.0546 e. The zero-order valence-corrected chi connectivity index (χ0v) is 7.98. The molecule has 2 rings (SSSR count). The molecule has 1 aliphatic carbocycles. The first kappa shape index (κ1) is 8.75. The number of hydrogen-bond donors (Lipinski definition) is 1. The van der Waals surface area contributed by atoms with Gasteiger partial charge < -0.3 is 5.11 Å². The molecule has 0 spiro atoms. The highest BCUT2D eigenvalue weighted by molar-refractivity contribution is 5.10. The zero-order chi connectivity index (χ0) is 9.26. The molecule has 1 saturated carbocycles. The molecule has 0 amide bonds. The lowest BCUT2D eigenvalue weighted by Crippen LogP contribution is -2.07. The predicted octanol–water partition coefficient (Wildman–Crippen LogP) is 1.53. The van der Waals surface area contributed by atoms with E-state index in [1.54, 1.807) is 0 Å². The quantitative estimate of drug-likeness (QED) is 0.749. The van der Waals surface area contributed by atoms with Gasteiger partial charge in [-0.25, -0.2) is 0 Å². The van der Waals surface area contributed by atoms with Crippen molar-refractivity contribution < 1.29 is 5.11 Å². The van der Waals surface area contributed by atoms with Gasteiger partial charge in [-0.3, -0.25) is 4.68 Å². The first-order valence-electron chi connectivity index (χ1n) is 5.01. The van der Waals surface area contributed by atoms with Crippen molar-refractivity contribution in [3.63, 3.8) is 0 Å². The molecular formula is C10H16N2O. The summed E-state index contributed by atoms with van der Waals surface area (Å²) in [4.78, 5) is 0. The van der Waals surface area contributed by atoms with Crippen molar-refractivity contribution in [2.75, 3.05) is 0 Å². The summed E-state index contributed by atoms with van der Waals surface area (Å²) in [6.45, 7) is 3.02. The first-order valence-corrected chi connectivity index (χ1v) is 5.01. The van der Waals surface area contributed by atoms with Gasteiger partial charge >= 0.3 is 0 Å². The van der Waals surface area contributed by atoms with Crippen molar-refractivity contribution in [1.82, 2.24) is 9.78 Å². The molecule has 3 heteroatoms. The van der Waals surface area contributed by atoms with Crippen LogP contribution >= 0.6 is 0 Å². The van der Waals surface area contributed by atoms with E-state index in [0.717, 1.165) is 25.8 Å². The van der Waals surface area contributed by atoms with E-state index in [1.807, 2.05) is 10.9 Å². The van der Waals surface area contributed by atoms with Crippen LogP contribution < -0.4 is 0 Å². The van der Waals surface area contributed by atoms with E-state index in [9.17, 15) is 5.11 Å². The summed E-state index contributed by atoms with van der Waals surface area (Å²) in [5.74, 6) is 0.525. The van der Waals surface area contributed by atoms with Gasteiger partial charge in [0.15, 0.2) is 0 Å². The molecular weight excluding hydrogens is 164 g/mol. The van der Waals surface area contributed by atoms with Gasteiger partial charge in [-0.1, -0.05) is 0 Å². The number of aryl methyl sites for hydroxylation is 1. The van der Waals surface area contributed by atoms with Crippen molar-refractivity contribution >= 4 is 0 Å². The first-order chi connectivity index (χ1) is 6.31. The highest BCUT2D eigenvalue weighted by Crippen LogP contribution is 2.33. The number of aliphatic hydroxyl groups excluding tert-OH is 1. The maximum absolute atomic E-state index is 9.43. The summed E-state index contributed by atoms with van der Waals surface area (Å²) >= 11 is 0. The second kappa shape index (κ2) is 3.50. The number of aromatic nitrogens is 2. The molecule has 0 radical (unpaired) electrons. The molecule has 1 N–H and O–H groups in total. The Bertz CT molecular complexity index is 282. The highest BCUT2D eigenvalue weighted by Gasteiger charge is 2.26. The fourth-order valence-electron chi connectivity index (χ4n) is 2.18. The van der Waals surface area contributed by atoms with Gasteiger partial charge in [0, 0.05) is 24.4 Å². The van der Waals surface area contributed by atoms with E-state index in [0.29, 0.717) is 5.92 Å². The molecule has 0 aromatic carbocycles. The molecule has 72 valence electrons. The Labute approximate surface area is 78.4 Å². The Morgan fingerprint density at radius 3 is 3.08 bits per heavy atom. The normalized spacial score (nSPS) is 28.2. The minimum atomic E-state index is -0.0924. The van der Waals surface area contributed by atoms with E-state index in [-0.39, 0.29) is 6.10 Å². The molecule has 0 aliphatic heterocycles. The Kier molecular flexibility index (Phi) is 2.36. The number of rotatable bonds is 2. The average Bonchev–Trinajstić information content (AvgIpc) is 2.71. The Hall–Kier alpha value is -0.830. The van der Waals surface area contributed by atoms with Crippen LogP contribution in [0.3, 0.4) is 0 Å². The monoisotopic (exact) mass is 180 g/mol. The largest absolute Gasteiger partial charge is 0.393 e. The summed E-state index contributed by atoms with van der Waals surface area (Å²) in [6.07, 6.45) is 4.71. The Morgan fingerprint density at radius 2 is 2.46 bits per heavy atom. The predicted molar refractivity (Wildman–Crippen MR) is 50.5 cm³/mol. The van der Waals surface area contributed by atoms with Gasteiger partial charge in [-0.15, -0.1) is 0 Å². The van der Waals surface area contributed by atoms with Crippen LogP contribution in [0.5, 0.6) is 0 Å². The van der Waals surface area contributed by atoms with Crippen LogP contribution in [0.4, 0.5) is 0 Å². The smallest absolute Gasteiger partial charge is 0.0546 e. The lowest BCUT2D eigenvalue weighted by molar-refractivity contribution is 0.181. The number of nitrogens with zero attached hydrogens (tertiary/aromatic N) is 2. The van der Waals surface area contributed by atoms with Crippen LogP contribution in [0.2, 0.25) is 0 Å². The van der Waals surface area contributed by atoms with Crippen LogP contribution in [0, 0.1) is 0 Å². The lowest BCUT2D eigenvalue weighted by Gasteiger charge is -2.10. The van der Waals surface area contributed by atoms with Gasteiger partial charge in [0.2, 0.25) is 0 Å². The van der Waals surface area contributed by atoms with Crippen molar-refractivity contribution in [2.45, 2.75) is 44.8 Å². The van der Waals surface area contributed by atoms with Crippen molar-refractivity contribution in [3.8, 4) is 0 Å². The molecule has 2 unspecified atom stereocenters. The minimum Gasteiger partial charge on any atom is -0.393 e. The number of aliphatic hydroxyl groups is 1. The summed E-state index contributed by atoms with van der Waals surface area (Å²) in [7, 11) is 0. The fourth-order valence-corrected chi connectivity index (χ4v) is 2.18. The van der Waals surface area contributed by atoms with Gasteiger partial charge in [-0.05, 0) is 32.3 Å². The third-order valence-electron chi connectivity index (χ3n) is 2.87. The van der Waals surface area contributed by atoms with Crippen LogP contribution in [-0.2, 0) is 6.54 Å². The summed E-state index contributed by atoms with van der Waals surface area (Å²) < 4.78 is 2.03. The average molecular weight is 180 g/mol. The van der Waals surface area contributed by atoms with E-state index >= 15 is 0 Å². The zero-order valence-electron chi connectivity index (χ0n) is 7.98. The van der Waals surface area contributed by atoms with E-state index in [1.165, 1.54) is 5.69 Å². The molecule has 3 nitrogen and oxygen atoms in total. The maximum atomic E-state index is 9.43. The molecule has 1 heterocycles. The summed E-state index contributed by atoms with van der Waals surface area (Å²) in [5, 5.41) is 13.7. The van der Waals surface area contributed by atoms with Crippen LogP contribution in [0.1, 0.15) is 37.8 Å². The topological polar surface area (TPSA) is 38.0 Å². The molecule has 1 aromatic heterocycles. The number of hydrogen-bond acceptors (Lipinski definition) is 2. The SMILES string of the molecule is CCn1nccc1C1CCC(O)C1. The minimum absolute atomic E-state index is 0.0924. The van der Waals surface area contributed by atoms with E-state index in [2.05, 4.69) is 18.1 Å². The van der Waals surface area contributed by atoms with Crippen molar-refractivity contribution in [2.24, 2.45) is 0 Å². The molecule has 1 aliphatic rings. The van der Waals surface area contributed by atoms with Gasteiger partial charge in [0.05, 0.1) is 6.10 Å². The molecule has 1 aromatic rings. The van der Waals surface area contributed by atoms with Gasteiger partial charge in [0.25, 0.3) is 0 Å². The molecule has 0 saturated heterocycles. The van der Waals surface area contributed by atoms with Crippen LogP contribution in [0.15, 0.2) is 12.3 Å².